The van der Waals surface area contributed by atoms with E-state index in [0.29, 0.717) is 43.2 Å². The molecule has 1 saturated heterocycles. The van der Waals surface area contributed by atoms with Crippen LogP contribution in [0.4, 0.5) is 4.39 Å². The smallest absolute Gasteiger partial charge is 0.270 e. The number of benzene rings is 2. The SMILES string of the molecule is COc1ccc(C(=O)N2CCN(C(=O)c3cc4ccsc4n3Cc3cccc(F)c3)CC2C)cc1. The van der Waals surface area contributed by atoms with Crippen molar-refractivity contribution < 1.29 is 18.7 Å². The fraction of sp³-hybridized carbons (Fsp3) is 0.259. The number of carbonyl (C=O) groups is 2. The van der Waals surface area contributed by atoms with E-state index in [1.54, 1.807) is 48.8 Å². The van der Waals surface area contributed by atoms with E-state index in [9.17, 15) is 14.0 Å². The number of nitrogens with zero attached hydrogens (tertiary/aromatic N) is 3. The lowest BCUT2D eigenvalue weighted by Crippen LogP contribution is -2.55. The highest BCUT2D eigenvalue weighted by atomic mass is 32.1. The minimum atomic E-state index is -0.295. The molecule has 0 radical (unpaired) electrons. The maximum atomic E-state index is 13.8. The first kappa shape index (κ1) is 23.1. The van der Waals surface area contributed by atoms with Crippen molar-refractivity contribution in [3.05, 3.63) is 88.7 Å². The first-order valence-corrected chi connectivity index (χ1v) is 12.4. The van der Waals surface area contributed by atoms with Gasteiger partial charge < -0.3 is 19.1 Å². The van der Waals surface area contributed by atoms with Crippen LogP contribution in [0, 0.1) is 5.82 Å². The van der Waals surface area contributed by atoms with Crippen molar-refractivity contribution in [2.75, 3.05) is 26.7 Å². The van der Waals surface area contributed by atoms with E-state index in [1.165, 1.54) is 12.1 Å². The molecule has 0 aliphatic carbocycles. The third-order valence-corrected chi connectivity index (χ3v) is 7.42. The number of methoxy groups -OCH3 is 1. The number of thiophene rings is 1. The van der Waals surface area contributed by atoms with E-state index in [0.717, 1.165) is 15.8 Å². The fourth-order valence-corrected chi connectivity index (χ4v) is 5.53. The summed E-state index contributed by atoms with van der Waals surface area (Å²) in [7, 11) is 1.59. The number of fused-ring (bicyclic) bond motifs is 1. The molecule has 4 aromatic rings. The zero-order valence-corrected chi connectivity index (χ0v) is 20.4. The van der Waals surface area contributed by atoms with Crippen LogP contribution in [-0.2, 0) is 6.54 Å². The highest BCUT2D eigenvalue weighted by Gasteiger charge is 2.32. The molecule has 2 aromatic carbocycles. The van der Waals surface area contributed by atoms with Crippen molar-refractivity contribution in [3.8, 4) is 5.75 Å². The normalized spacial score (nSPS) is 16.0. The van der Waals surface area contributed by atoms with Gasteiger partial charge in [-0.2, -0.15) is 0 Å². The lowest BCUT2D eigenvalue weighted by molar-refractivity contribution is 0.0409. The number of carbonyl (C=O) groups excluding carboxylic acids is 2. The number of aromatic nitrogens is 1. The highest BCUT2D eigenvalue weighted by molar-refractivity contribution is 7.16. The van der Waals surface area contributed by atoms with Crippen LogP contribution >= 0.6 is 11.3 Å². The van der Waals surface area contributed by atoms with Crippen LogP contribution in [0.25, 0.3) is 10.2 Å². The summed E-state index contributed by atoms with van der Waals surface area (Å²) in [5, 5.41) is 2.99. The summed E-state index contributed by atoms with van der Waals surface area (Å²) in [6, 6.07) is 17.3. The van der Waals surface area contributed by atoms with E-state index in [4.69, 9.17) is 4.74 Å². The van der Waals surface area contributed by atoms with Crippen LogP contribution in [-0.4, -0.2) is 59.0 Å². The molecule has 1 fully saturated rings. The monoisotopic (exact) mass is 491 g/mol. The number of amides is 2. The molecule has 8 heteroatoms. The van der Waals surface area contributed by atoms with Gasteiger partial charge in [0, 0.05) is 43.2 Å². The summed E-state index contributed by atoms with van der Waals surface area (Å²) in [6.07, 6.45) is 0. The largest absolute Gasteiger partial charge is 0.497 e. The Balaban J connectivity index is 1.34. The number of rotatable bonds is 5. The van der Waals surface area contributed by atoms with Gasteiger partial charge in [-0.1, -0.05) is 12.1 Å². The Hall–Kier alpha value is -3.65. The van der Waals surface area contributed by atoms with E-state index in [2.05, 4.69) is 0 Å². The Labute approximate surface area is 207 Å². The molecule has 1 unspecified atom stereocenters. The molecule has 0 spiro atoms. The molecule has 5 rings (SSSR count). The molecule has 0 N–H and O–H groups in total. The van der Waals surface area contributed by atoms with Crippen LogP contribution in [0.1, 0.15) is 33.3 Å². The summed E-state index contributed by atoms with van der Waals surface area (Å²) in [5.74, 6) is 0.276. The first-order chi connectivity index (χ1) is 16.9. The van der Waals surface area contributed by atoms with Crippen LogP contribution in [0.15, 0.2) is 66.0 Å². The molecule has 3 heterocycles. The van der Waals surface area contributed by atoms with Gasteiger partial charge in [0.1, 0.15) is 22.1 Å². The van der Waals surface area contributed by atoms with Crippen LogP contribution in [0.3, 0.4) is 0 Å². The average molecular weight is 492 g/mol. The predicted molar refractivity (Wildman–Crippen MR) is 135 cm³/mol. The molecule has 1 aliphatic rings. The Kier molecular flexibility index (Phi) is 6.30. The molecule has 0 bridgehead atoms. The summed E-state index contributed by atoms with van der Waals surface area (Å²) in [6.45, 7) is 3.72. The Morgan fingerprint density at radius 3 is 2.57 bits per heavy atom. The van der Waals surface area contributed by atoms with E-state index in [1.807, 2.05) is 44.9 Å². The molecule has 35 heavy (non-hydrogen) atoms. The zero-order chi connectivity index (χ0) is 24.5. The van der Waals surface area contributed by atoms with Crippen molar-refractivity contribution in [2.24, 2.45) is 0 Å². The van der Waals surface area contributed by atoms with Gasteiger partial charge in [0.25, 0.3) is 11.8 Å². The molecule has 6 nitrogen and oxygen atoms in total. The van der Waals surface area contributed by atoms with Crippen LogP contribution in [0.5, 0.6) is 5.75 Å². The van der Waals surface area contributed by atoms with E-state index >= 15 is 0 Å². The second kappa shape index (κ2) is 9.54. The van der Waals surface area contributed by atoms with Crippen molar-refractivity contribution in [1.29, 1.82) is 0 Å². The van der Waals surface area contributed by atoms with Crippen molar-refractivity contribution in [3.63, 3.8) is 0 Å². The molecule has 2 amide bonds. The number of piperazine rings is 1. The third-order valence-electron chi connectivity index (χ3n) is 6.46. The molecule has 0 saturated carbocycles. The number of hydrogen-bond acceptors (Lipinski definition) is 4. The van der Waals surface area contributed by atoms with E-state index < -0.39 is 0 Å². The minimum absolute atomic E-state index is 0.0535. The lowest BCUT2D eigenvalue weighted by Gasteiger charge is -2.40. The summed E-state index contributed by atoms with van der Waals surface area (Å²) >= 11 is 1.56. The summed E-state index contributed by atoms with van der Waals surface area (Å²) in [5.41, 5.74) is 1.98. The van der Waals surface area contributed by atoms with Gasteiger partial charge in [0.15, 0.2) is 0 Å². The second-order valence-corrected chi connectivity index (χ2v) is 9.65. The van der Waals surface area contributed by atoms with Gasteiger partial charge in [0.2, 0.25) is 0 Å². The third kappa shape index (κ3) is 4.53. The quantitative estimate of drug-likeness (QED) is 0.400. The molecular weight excluding hydrogens is 465 g/mol. The summed E-state index contributed by atoms with van der Waals surface area (Å²) < 4.78 is 20.9. The van der Waals surface area contributed by atoms with Gasteiger partial charge in [-0.15, -0.1) is 11.3 Å². The number of ether oxygens (including phenoxy) is 1. The number of halogens is 1. The van der Waals surface area contributed by atoms with Crippen LogP contribution < -0.4 is 4.74 Å². The molecule has 1 atom stereocenters. The van der Waals surface area contributed by atoms with Gasteiger partial charge >= 0.3 is 0 Å². The van der Waals surface area contributed by atoms with Gasteiger partial charge in [-0.25, -0.2) is 4.39 Å². The Morgan fingerprint density at radius 2 is 1.86 bits per heavy atom. The van der Waals surface area contributed by atoms with Gasteiger partial charge in [-0.05, 0) is 66.4 Å². The second-order valence-electron chi connectivity index (χ2n) is 8.75. The molecule has 180 valence electrons. The molecule has 1 aliphatic heterocycles. The van der Waals surface area contributed by atoms with Crippen molar-refractivity contribution >= 4 is 33.4 Å². The fourth-order valence-electron chi connectivity index (χ4n) is 4.63. The molecule has 2 aromatic heterocycles. The van der Waals surface area contributed by atoms with Crippen molar-refractivity contribution in [1.82, 2.24) is 14.4 Å². The Morgan fingerprint density at radius 1 is 1.06 bits per heavy atom. The topological polar surface area (TPSA) is 54.8 Å². The average Bonchev–Trinajstić information content (AvgIpc) is 3.46. The molecular formula is C27H26FN3O3S. The minimum Gasteiger partial charge on any atom is -0.497 e. The summed E-state index contributed by atoms with van der Waals surface area (Å²) in [4.78, 5) is 31.3. The van der Waals surface area contributed by atoms with Crippen molar-refractivity contribution in [2.45, 2.75) is 19.5 Å². The highest BCUT2D eigenvalue weighted by Crippen LogP contribution is 2.28. The van der Waals surface area contributed by atoms with E-state index in [-0.39, 0.29) is 23.7 Å². The maximum Gasteiger partial charge on any atom is 0.270 e. The zero-order valence-electron chi connectivity index (χ0n) is 19.6. The first-order valence-electron chi connectivity index (χ1n) is 11.5. The number of hydrogen-bond donors (Lipinski definition) is 0. The lowest BCUT2D eigenvalue weighted by atomic mass is 10.1. The standard InChI is InChI=1S/C27H26FN3O3S/c1-18-16-29(11-12-30(18)25(32)20-6-8-23(34-2)9-7-20)26(33)24-15-21-10-13-35-27(21)31(24)17-19-4-3-5-22(28)14-19/h3-10,13-15,18H,11-12,16-17H2,1-2H3. The maximum absolute atomic E-state index is 13.8. The predicted octanol–water partition coefficient (Wildman–Crippen LogP) is 4.89. The Bertz CT molecular complexity index is 1380. The van der Waals surface area contributed by atoms with Crippen LogP contribution in [0.2, 0.25) is 0 Å². The van der Waals surface area contributed by atoms with Gasteiger partial charge in [0.05, 0.1) is 7.11 Å². The van der Waals surface area contributed by atoms with Gasteiger partial charge in [-0.3, -0.25) is 9.59 Å².